The molecule has 23 heavy (non-hydrogen) atoms. The van der Waals surface area contributed by atoms with Gasteiger partial charge in [-0.2, -0.15) is 0 Å². The molecule has 0 aromatic rings. The van der Waals surface area contributed by atoms with Gasteiger partial charge in [0.05, 0.1) is 12.0 Å². The molecule has 2 rings (SSSR count). The third kappa shape index (κ3) is 4.06. The Hall–Kier alpha value is -1.10. The predicted molar refractivity (Wildman–Crippen MR) is 90.0 cm³/mol. The number of nitrogens with zero attached hydrogens (tertiary/aromatic N) is 1. The molecule has 2 fully saturated rings. The van der Waals surface area contributed by atoms with Crippen molar-refractivity contribution >= 4 is 11.8 Å². The van der Waals surface area contributed by atoms with E-state index in [4.69, 9.17) is 4.74 Å². The van der Waals surface area contributed by atoms with Gasteiger partial charge in [0, 0.05) is 37.6 Å². The Labute approximate surface area is 140 Å². The maximum Gasteiger partial charge on any atom is 0.225 e. The first-order valence-electron chi connectivity index (χ1n) is 9.09. The minimum absolute atomic E-state index is 0.0158. The number of likely N-dealkylation sites (tertiary alicyclic amines) is 1. The van der Waals surface area contributed by atoms with Gasteiger partial charge >= 0.3 is 0 Å². The standard InChI is InChI=1S/C18H32N2O3/c1-5-8-16(21)20-10-7-9-13(12-20)17(22)19-14-11-15(23-6-2)18(14,3)4/h13-15H,5-12H2,1-4H3,(H,19,22)/t13-,14-,15+/m0/s1. The second kappa shape index (κ2) is 7.65. The largest absolute Gasteiger partial charge is 0.378 e. The lowest BCUT2D eigenvalue weighted by Gasteiger charge is -2.52. The van der Waals surface area contributed by atoms with Gasteiger partial charge in [0.1, 0.15) is 0 Å². The highest BCUT2D eigenvalue weighted by atomic mass is 16.5. The molecule has 5 heteroatoms. The van der Waals surface area contributed by atoms with Gasteiger partial charge in [0.25, 0.3) is 0 Å². The van der Waals surface area contributed by atoms with Crippen LogP contribution in [0.2, 0.25) is 0 Å². The number of rotatable bonds is 6. The van der Waals surface area contributed by atoms with Crippen LogP contribution >= 0.6 is 0 Å². The van der Waals surface area contributed by atoms with Crippen molar-refractivity contribution < 1.29 is 14.3 Å². The molecule has 3 atom stereocenters. The van der Waals surface area contributed by atoms with Crippen LogP contribution in [0.15, 0.2) is 0 Å². The summed E-state index contributed by atoms with van der Waals surface area (Å²) in [6.07, 6.45) is 4.36. The Morgan fingerprint density at radius 2 is 2.04 bits per heavy atom. The first-order chi connectivity index (χ1) is 10.9. The maximum atomic E-state index is 12.6. The predicted octanol–water partition coefficient (Wildman–Crippen LogP) is 2.34. The van der Waals surface area contributed by atoms with Gasteiger partial charge in [0.2, 0.25) is 11.8 Å². The summed E-state index contributed by atoms with van der Waals surface area (Å²) >= 11 is 0. The summed E-state index contributed by atoms with van der Waals surface area (Å²) in [5, 5.41) is 3.20. The Bertz CT molecular complexity index is 436. The smallest absolute Gasteiger partial charge is 0.225 e. The first-order valence-corrected chi connectivity index (χ1v) is 9.09. The van der Waals surface area contributed by atoms with E-state index in [1.165, 1.54) is 0 Å². The van der Waals surface area contributed by atoms with Crippen LogP contribution in [0.4, 0.5) is 0 Å². The average Bonchev–Trinajstić information content (AvgIpc) is 2.54. The number of carbonyl (C=O) groups is 2. The number of nitrogens with one attached hydrogen (secondary N) is 1. The Morgan fingerprint density at radius 3 is 2.65 bits per heavy atom. The summed E-state index contributed by atoms with van der Waals surface area (Å²) in [6.45, 7) is 10.4. The fourth-order valence-corrected chi connectivity index (χ4v) is 3.69. The topological polar surface area (TPSA) is 58.6 Å². The van der Waals surface area contributed by atoms with E-state index in [-0.39, 0.29) is 35.3 Å². The van der Waals surface area contributed by atoms with E-state index < -0.39 is 0 Å². The summed E-state index contributed by atoms with van der Waals surface area (Å²) in [6, 6.07) is 0.174. The quantitative estimate of drug-likeness (QED) is 0.816. The van der Waals surface area contributed by atoms with Gasteiger partial charge in [0.15, 0.2) is 0 Å². The second-order valence-corrected chi connectivity index (χ2v) is 7.49. The second-order valence-electron chi connectivity index (χ2n) is 7.49. The van der Waals surface area contributed by atoms with Crippen molar-refractivity contribution in [3.8, 4) is 0 Å². The first kappa shape index (κ1) is 18.2. The van der Waals surface area contributed by atoms with Crippen LogP contribution in [0.3, 0.4) is 0 Å². The van der Waals surface area contributed by atoms with Crippen molar-refractivity contribution in [2.24, 2.45) is 11.3 Å². The number of piperidine rings is 1. The molecule has 0 aromatic heterocycles. The average molecular weight is 324 g/mol. The van der Waals surface area contributed by atoms with Gasteiger partial charge in [-0.15, -0.1) is 0 Å². The van der Waals surface area contributed by atoms with Crippen molar-refractivity contribution in [2.45, 2.75) is 71.9 Å². The molecular weight excluding hydrogens is 292 g/mol. The van der Waals surface area contributed by atoms with Crippen LogP contribution in [0.5, 0.6) is 0 Å². The van der Waals surface area contributed by atoms with E-state index in [9.17, 15) is 9.59 Å². The summed E-state index contributed by atoms with van der Waals surface area (Å²) in [5.74, 6) is 0.226. The Balaban J connectivity index is 1.85. The van der Waals surface area contributed by atoms with Gasteiger partial charge in [-0.3, -0.25) is 9.59 Å². The van der Waals surface area contributed by atoms with E-state index in [0.29, 0.717) is 19.6 Å². The Kier molecular flexibility index (Phi) is 6.06. The molecule has 2 amide bonds. The number of carbonyl (C=O) groups excluding carboxylic acids is 2. The zero-order valence-corrected chi connectivity index (χ0v) is 15.1. The van der Waals surface area contributed by atoms with Gasteiger partial charge in [-0.1, -0.05) is 20.8 Å². The fraction of sp³-hybridized carbons (Fsp3) is 0.889. The molecule has 1 aliphatic heterocycles. The SMILES string of the molecule is CCCC(=O)N1CCC[C@H](C(=O)N[C@H]2C[C@@H](OCC)C2(C)C)C1. The van der Waals surface area contributed by atoms with Crippen LogP contribution < -0.4 is 5.32 Å². The molecule has 0 spiro atoms. The monoisotopic (exact) mass is 324 g/mol. The van der Waals surface area contributed by atoms with E-state index in [2.05, 4.69) is 19.2 Å². The zero-order chi connectivity index (χ0) is 17.0. The lowest BCUT2D eigenvalue weighted by molar-refractivity contribution is -0.143. The molecule has 132 valence electrons. The van der Waals surface area contributed by atoms with E-state index in [0.717, 1.165) is 32.2 Å². The molecule has 1 N–H and O–H groups in total. The summed E-state index contributed by atoms with van der Waals surface area (Å²) < 4.78 is 5.72. The van der Waals surface area contributed by atoms with Gasteiger partial charge in [-0.05, 0) is 32.6 Å². The van der Waals surface area contributed by atoms with Crippen molar-refractivity contribution in [2.75, 3.05) is 19.7 Å². The number of amides is 2. The molecule has 0 unspecified atom stereocenters. The van der Waals surface area contributed by atoms with Crippen LogP contribution in [0, 0.1) is 11.3 Å². The highest BCUT2D eigenvalue weighted by Gasteiger charge is 2.50. The lowest BCUT2D eigenvalue weighted by atomic mass is 9.64. The fourth-order valence-electron chi connectivity index (χ4n) is 3.69. The lowest BCUT2D eigenvalue weighted by Crippen LogP contribution is -2.63. The molecule has 1 saturated heterocycles. The van der Waals surface area contributed by atoms with Crippen molar-refractivity contribution in [1.82, 2.24) is 10.2 Å². The molecule has 0 radical (unpaired) electrons. The zero-order valence-electron chi connectivity index (χ0n) is 15.1. The molecule has 2 aliphatic rings. The normalized spacial score (nSPS) is 29.7. The van der Waals surface area contributed by atoms with Gasteiger partial charge < -0.3 is 15.0 Å². The minimum atomic E-state index is -0.0634. The van der Waals surface area contributed by atoms with E-state index in [1.54, 1.807) is 0 Å². The third-order valence-electron chi connectivity index (χ3n) is 5.47. The third-order valence-corrected chi connectivity index (χ3v) is 5.47. The highest BCUT2D eigenvalue weighted by Crippen LogP contribution is 2.42. The molecule has 1 saturated carbocycles. The Morgan fingerprint density at radius 1 is 1.30 bits per heavy atom. The molecule has 5 nitrogen and oxygen atoms in total. The van der Waals surface area contributed by atoms with Crippen molar-refractivity contribution in [3.05, 3.63) is 0 Å². The number of hydrogen-bond donors (Lipinski definition) is 1. The minimum Gasteiger partial charge on any atom is -0.378 e. The molecule has 1 heterocycles. The number of hydrogen-bond acceptors (Lipinski definition) is 3. The highest BCUT2D eigenvalue weighted by molar-refractivity contribution is 5.81. The number of ether oxygens (including phenoxy) is 1. The van der Waals surface area contributed by atoms with Crippen molar-refractivity contribution in [3.63, 3.8) is 0 Å². The summed E-state index contributed by atoms with van der Waals surface area (Å²) in [5.41, 5.74) is -0.0158. The van der Waals surface area contributed by atoms with Crippen molar-refractivity contribution in [1.29, 1.82) is 0 Å². The summed E-state index contributed by atoms with van der Waals surface area (Å²) in [7, 11) is 0. The van der Waals surface area contributed by atoms with Crippen LogP contribution in [0.25, 0.3) is 0 Å². The van der Waals surface area contributed by atoms with E-state index in [1.807, 2.05) is 18.7 Å². The van der Waals surface area contributed by atoms with Crippen LogP contribution in [0.1, 0.15) is 59.8 Å². The van der Waals surface area contributed by atoms with Crippen LogP contribution in [-0.2, 0) is 14.3 Å². The van der Waals surface area contributed by atoms with Gasteiger partial charge in [-0.25, -0.2) is 0 Å². The maximum absolute atomic E-state index is 12.6. The van der Waals surface area contributed by atoms with E-state index >= 15 is 0 Å². The molecule has 1 aliphatic carbocycles. The molecule has 0 aromatic carbocycles. The molecular formula is C18H32N2O3. The van der Waals surface area contributed by atoms with Crippen LogP contribution in [-0.4, -0.2) is 48.6 Å². The molecule has 0 bridgehead atoms. The summed E-state index contributed by atoms with van der Waals surface area (Å²) in [4.78, 5) is 26.5.